The molecule has 1 saturated heterocycles. The highest BCUT2D eigenvalue weighted by Crippen LogP contribution is 2.30. The zero-order chi connectivity index (χ0) is 13.2. The van der Waals surface area contributed by atoms with Crippen LogP contribution >= 0.6 is 0 Å². The molecule has 0 aromatic carbocycles. The Morgan fingerprint density at radius 1 is 1.53 bits per heavy atom. The SMILES string of the molecule is CC(C)C1CC(=O)N(CC(C#N)C(F)(F)F)C1. The van der Waals surface area contributed by atoms with Crippen LogP contribution in [0.15, 0.2) is 0 Å². The van der Waals surface area contributed by atoms with Crippen molar-refractivity contribution in [1.29, 1.82) is 5.26 Å². The standard InChI is InChI=1S/C11H15F3N2O/c1-7(2)8-3-10(17)16(5-8)6-9(4-15)11(12,13)14/h7-9H,3,5-6H2,1-2H3. The van der Waals surface area contributed by atoms with E-state index in [2.05, 4.69) is 0 Å². The van der Waals surface area contributed by atoms with Crippen molar-refractivity contribution in [3.63, 3.8) is 0 Å². The van der Waals surface area contributed by atoms with Crippen LogP contribution in [0, 0.1) is 29.1 Å². The lowest BCUT2D eigenvalue weighted by Gasteiger charge is -2.22. The Labute approximate surface area is 98.2 Å². The van der Waals surface area contributed by atoms with Gasteiger partial charge in [0.1, 0.15) is 0 Å². The first-order valence-electron chi connectivity index (χ1n) is 5.49. The molecule has 0 aromatic heterocycles. The van der Waals surface area contributed by atoms with Gasteiger partial charge in [-0.25, -0.2) is 0 Å². The minimum Gasteiger partial charge on any atom is -0.341 e. The number of alkyl halides is 3. The number of rotatable bonds is 3. The molecule has 1 aliphatic rings. The zero-order valence-electron chi connectivity index (χ0n) is 9.79. The second kappa shape index (κ2) is 4.94. The Kier molecular flexibility index (Phi) is 4.02. The van der Waals surface area contributed by atoms with E-state index in [9.17, 15) is 18.0 Å². The van der Waals surface area contributed by atoms with Crippen LogP contribution in [-0.2, 0) is 4.79 Å². The first-order chi connectivity index (χ1) is 7.75. The lowest BCUT2D eigenvalue weighted by molar-refractivity contribution is -0.164. The van der Waals surface area contributed by atoms with Crippen molar-refractivity contribution in [1.82, 2.24) is 4.90 Å². The van der Waals surface area contributed by atoms with Gasteiger partial charge < -0.3 is 4.90 Å². The lowest BCUT2D eigenvalue weighted by Crippen LogP contribution is -2.37. The van der Waals surface area contributed by atoms with E-state index < -0.39 is 18.6 Å². The quantitative estimate of drug-likeness (QED) is 0.768. The van der Waals surface area contributed by atoms with E-state index in [0.717, 1.165) is 4.90 Å². The average Bonchev–Trinajstić information content (AvgIpc) is 2.54. The summed E-state index contributed by atoms with van der Waals surface area (Å²) in [6.07, 6.45) is -4.28. The van der Waals surface area contributed by atoms with Crippen LogP contribution < -0.4 is 0 Å². The number of nitriles is 1. The molecule has 1 fully saturated rings. The average molecular weight is 248 g/mol. The molecule has 2 unspecified atom stereocenters. The molecule has 0 bridgehead atoms. The molecule has 3 nitrogen and oxygen atoms in total. The number of carbonyl (C=O) groups is 1. The van der Waals surface area contributed by atoms with Crippen LogP contribution in [0.1, 0.15) is 20.3 Å². The Hall–Kier alpha value is -1.25. The molecule has 1 heterocycles. The highest BCUT2D eigenvalue weighted by Gasteiger charge is 2.43. The number of halogens is 3. The number of nitrogens with zero attached hydrogens (tertiary/aromatic N) is 2. The predicted octanol–water partition coefficient (Wildman–Crippen LogP) is 2.19. The van der Waals surface area contributed by atoms with Gasteiger partial charge in [-0.2, -0.15) is 18.4 Å². The Morgan fingerprint density at radius 2 is 2.12 bits per heavy atom. The van der Waals surface area contributed by atoms with Gasteiger partial charge in [-0.05, 0) is 11.8 Å². The van der Waals surface area contributed by atoms with Gasteiger partial charge in [0.15, 0.2) is 5.92 Å². The summed E-state index contributed by atoms with van der Waals surface area (Å²) in [5.74, 6) is -2.02. The first-order valence-corrected chi connectivity index (χ1v) is 5.49. The van der Waals surface area contributed by atoms with Crippen LogP contribution in [-0.4, -0.2) is 30.1 Å². The fourth-order valence-electron chi connectivity index (χ4n) is 1.86. The van der Waals surface area contributed by atoms with Gasteiger partial charge in [-0.3, -0.25) is 4.79 Å². The maximum Gasteiger partial charge on any atom is 0.406 e. The molecule has 0 spiro atoms. The Bertz CT molecular complexity index is 333. The van der Waals surface area contributed by atoms with E-state index in [1.807, 2.05) is 13.8 Å². The molecular formula is C11H15F3N2O. The molecule has 6 heteroatoms. The minimum absolute atomic E-state index is 0.0927. The Balaban J connectivity index is 2.64. The maximum atomic E-state index is 12.4. The van der Waals surface area contributed by atoms with Gasteiger partial charge in [0.05, 0.1) is 6.07 Å². The van der Waals surface area contributed by atoms with E-state index in [1.54, 1.807) is 0 Å². The van der Waals surface area contributed by atoms with E-state index in [4.69, 9.17) is 5.26 Å². The fraction of sp³-hybridized carbons (Fsp3) is 0.818. The van der Waals surface area contributed by atoms with Gasteiger partial charge in [-0.1, -0.05) is 13.8 Å². The van der Waals surface area contributed by atoms with Crippen LogP contribution in [0.5, 0.6) is 0 Å². The van der Waals surface area contributed by atoms with Crippen LogP contribution in [0.25, 0.3) is 0 Å². The lowest BCUT2D eigenvalue weighted by atomic mass is 9.95. The highest BCUT2D eigenvalue weighted by atomic mass is 19.4. The van der Waals surface area contributed by atoms with Gasteiger partial charge in [0.25, 0.3) is 0 Å². The molecule has 2 atom stereocenters. The summed E-state index contributed by atoms with van der Waals surface area (Å²) in [6.45, 7) is 3.66. The summed E-state index contributed by atoms with van der Waals surface area (Å²) in [7, 11) is 0. The van der Waals surface area contributed by atoms with Crippen molar-refractivity contribution in [2.45, 2.75) is 26.4 Å². The van der Waals surface area contributed by atoms with Gasteiger partial charge in [0.2, 0.25) is 5.91 Å². The van der Waals surface area contributed by atoms with Crippen molar-refractivity contribution in [2.75, 3.05) is 13.1 Å². The third-order valence-electron chi connectivity index (χ3n) is 3.14. The smallest absolute Gasteiger partial charge is 0.341 e. The second-order valence-corrected chi connectivity index (χ2v) is 4.73. The van der Waals surface area contributed by atoms with Crippen molar-refractivity contribution in [2.24, 2.45) is 17.8 Å². The van der Waals surface area contributed by atoms with Crippen molar-refractivity contribution in [3.05, 3.63) is 0 Å². The zero-order valence-corrected chi connectivity index (χ0v) is 9.79. The van der Waals surface area contributed by atoms with Crippen molar-refractivity contribution >= 4 is 5.91 Å². The Morgan fingerprint density at radius 3 is 2.47 bits per heavy atom. The largest absolute Gasteiger partial charge is 0.406 e. The number of hydrogen-bond acceptors (Lipinski definition) is 2. The normalized spacial score (nSPS) is 23.0. The van der Waals surface area contributed by atoms with Gasteiger partial charge >= 0.3 is 6.18 Å². The first kappa shape index (κ1) is 13.8. The van der Waals surface area contributed by atoms with Gasteiger partial charge in [-0.15, -0.1) is 0 Å². The fourth-order valence-corrected chi connectivity index (χ4v) is 1.86. The summed E-state index contributed by atoms with van der Waals surface area (Å²) in [5, 5.41) is 8.48. The van der Waals surface area contributed by atoms with E-state index >= 15 is 0 Å². The molecule has 0 saturated carbocycles. The molecule has 0 aliphatic carbocycles. The maximum absolute atomic E-state index is 12.4. The van der Waals surface area contributed by atoms with E-state index in [1.165, 1.54) is 6.07 Å². The van der Waals surface area contributed by atoms with Crippen molar-refractivity contribution in [3.8, 4) is 6.07 Å². The van der Waals surface area contributed by atoms with E-state index in [-0.39, 0.29) is 24.2 Å². The molecule has 1 amide bonds. The van der Waals surface area contributed by atoms with Gasteiger partial charge in [0, 0.05) is 19.5 Å². The van der Waals surface area contributed by atoms with E-state index in [0.29, 0.717) is 6.54 Å². The summed E-state index contributed by atoms with van der Waals surface area (Å²) >= 11 is 0. The summed E-state index contributed by atoms with van der Waals surface area (Å²) in [5.41, 5.74) is 0. The summed E-state index contributed by atoms with van der Waals surface area (Å²) in [4.78, 5) is 12.7. The molecule has 0 N–H and O–H groups in total. The molecule has 1 aliphatic heterocycles. The number of likely N-dealkylation sites (tertiary alicyclic amines) is 1. The monoisotopic (exact) mass is 248 g/mol. The topological polar surface area (TPSA) is 44.1 Å². The molecule has 0 aromatic rings. The summed E-state index contributed by atoms with van der Waals surface area (Å²) < 4.78 is 37.2. The third kappa shape index (κ3) is 3.35. The molecule has 96 valence electrons. The van der Waals surface area contributed by atoms with Crippen LogP contribution in [0.4, 0.5) is 13.2 Å². The number of amides is 1. The minimum atomic E-state index is -4.56. The van der Waals surface area contributed by atoms with Crippen LogP contribution in [0.2, 0.25) is 0 Å². The molecule has 0 radical (unpaired) electrons. The molecule has 17 heavy (non-hydrogen) atoms. The predicted molar refractivity (Wildman–Crippen MR) is 54.7 cm³/mol. The molecule has 1 rings (SSSR count). The van der Waals surface area contributed by atoms with Crippen LogP contribution in [0.3, 0.4) is 0 Å². The summed E-state index contributed by atoms with van der Waals surface area (Å²) in [6, 6.07) is 1.21. The molecular weight excluding hydrogens is 233 g/mol. The highest BCUT2D eigenvalue weighted by molar-refractivity contribution is 5.78. The second-order valence-electron chi connectivity index (χ2n) is 4.73. The van der Waals surface area contributed by atoms with Crippen molar-refractivity contribution < 1.29 is 18.0 Å². The number of hydrogen-bond donors (Lipinski definition) is 0. The third-order valence-corrected chi connectivity index (χ3v) is 3.14. The number of carbonyl (C=O) groups excluding carboxylic acids is 1.